The van der Waals surface area contributed by atoms with Gasteiger partial charge < -0.3 is 15.1 Å². The van der Waals surface area contributed by atoms with Gasteiger partial charge >= 0.3 is 6.03 Å². The Labute approximate surface area is 132 Å². The molecule has 0 bridgehead atoms. The van der Waals surface area contributed by atoms with Crippen molar-refractivity contribution in [3.8, 4) is 0 Å². The maximum atomic E-state index is 12.4. The molecule has 1 aromatic rings. The van der Waals surface area contributed by atoms with E-state index in [9.17, 15) is 4.79 Å². The molecule has 1 aliphatic rings. The number of halogens is 1. The molecule has 2 atom stereocenters. The van der Waals surface area contributed by atoms with E-state index in [-0.39, 0.29) is 12.1 Å². The summed E-state index contributed by atoms with van der Waals surface area (Å²) in [5, 5.41) is 3.49. The first-order valence-electron chi connectivity index (χ1n) is 7.37. The molecule has 0 aromatic heterocycles. The summed E-state index contributed by atoms with van der Waals surface area (Å²) in [6.45, 7) is 6.23. The number of carbonyl (C=O) groups is 1. The third-order valence-corrected chi connectivity index (χ3v) is 4.57. The largest absolute Gasteiger partial charge is 0.324 e. The lowest BCUT2D eigenvalue weighted by Gasteiger charge is -2.39. The zero-order valence-electron chi connectivity index (χ0n) is 13.2. The van der Waals surface area contributed by atoms with Crippen molar-refractivity contribution >= 4 is 23.3 Å². The summed E-state index contributed by atoms with van der Waals surface area (Å²) in [5.41, 5.74) is 1.75. The highest BCUT2D eigenvalue weighted by Crippen LogP contribution is 2.25. The molecule has 0 spiro atoms. The molecule has 0 unspecified atom stereocenters. The van der Waals surface area contributed by atoms with Crippen LogP contribution < -0.4 is 5.32 Å². The molecular weight excluding hydrogens is 286 g/mol. The molecule has 4 nitrogen and oxygen atoms in total. The van der Waals surface area contributed by atoms with Crippen LogP contribution in [0.1, 0.15) is 18.9 Å². The van der Waals surface area contributed by atoms with E-state index in [0.717, 1.165) is 25.1 Å². The van der Waals surface area contributed by atoms with Crippen LogP contribution >= 0.6 is 11.6 Å². The van der Waals surface area contributed by atoms with Gasteiger partial charge in [0.2, 0.25) is 0 Å². The number of aryl methyl sites for hydroxylation is 1. The number of urea groups is 1. The lowest BCUT2D eigenvalue weighted by atomic mass is 9.93. The van der Waals surface area contributed by atoms with Gasteiger partial charge in [0.1, 0.15) is 0 Å². The summed E-state index contributed by atoms with van der Waals surface area (Å²) < 4.78 is 0. The highest BCUT2D eigenvalue weighted by atomic mass is 35.5. The summed E-state index contributed by atoms with van der Waals surface area (Å²) in [7, 11) is 3.99. The number of benzene rings is 1. The van der Waals surface area contributed by atoms with Gasteiger partial charge in [-0.05, 0) is 50.6 Å². The van der Waals surface area contributed by atoms with Crippen LogP contribution in [0, 0.1) is 12.8 Å². The lowest BCUT2D eigenvalue weighted by Crippen LogP contribution is -2.50. The van der Waals surface area contributed by atoms with Crippen LogP contribution in [-0.4, -0.2) is 49.1 Å². The third-order valence-electron chi connectivity index (χ3n) is 4.24. The van der Waals surface area contributed by atoms with Gasteiger partial charge in [-0.2, -0.15) is 0 Å². The normalized spacial score (nSPS) is 22.9. The fraction of sp³-hybridized carbons (Fsp3) is 0.562. The van der Waals surface area contributed by atoms with E-state index in [2.05, 4.69) is 24.2 Å². The maximum absolute atomic E-state index is 12.4. The Hall–Kier alpha value is -1.26. The summed E-state index contributed by atoms with van der Waals surface area (Å²) in [5.74, 6) is 0.465. The summed E-state index contributed by atoms with van der Waals surface area (Å²) >= 11 is 6.14. The number of hydrogen-bond donors (Lipinski definition) is 1. The van der Waals surface area contributed by atoms with Crippen molar-refractivity contribution in [1.82, 2.24) is 9.80 Å². The summed E-state index contributed by atoms with van der Waals surface area (Å²) in [4.78, 5) is 16.6. The van der Waals surface area contributed by atoms with Gasteiger partial charge in [0.15, 0.2) is 0 Å². The first-order valence-corrected chi connectivity index (χ1v) is 7.74. The second-order valence-electron chi connectivity index (χ2n) is 6.12. The predicted molar refractivity (Wildman–Crippen MR) is 88.0 cm³/mol. The minimum atomic E-state index is -0.0936. The Balaban J connectivity index is 2.04. The van der Waals surface area contributed by atoms with Crippen molar-refractivity contribution in [3.63, 3.8) is 0 Å². The monoisotopic (exact) mass is 309 g/mol. The van der Waals surface area contributed by atoms with Crippen molar-refractivity contribution < 1.29 is 4.79 Å². The fourth-order valence-corrected chi connectivity index (χ4v) is 3.17. The quantitative estimate of drug-likeness (QED) is 0.908. The fourth-order valence-electron chi connectivity index (χ4n) is 3.01. The maximum Gasteiger partial charge on any atom is 0.321 e. The molecule has 1 fully saturated rings. The van der Waals surface area contributed by atoms with Crippen molar-refractivity contribution in [2.24, 2.45) is 5.92 Å². The molecule has 0 saturated carbocycles. The van der Waals surface area contributed by atoms with Crippen LogP contribution in [-0.2, 0) is 0 Å². The van der Waals surface area contributed by atoms with Crippen molar-refractivity contribution in [2.75, 3.05) is 32.5 Å². The number of likely N-dealkylation sites (tertiary alicyclic amines) is 1. The molecule has 0 aliphatic carbocycles. The molecule has 1 saturated heterocycles. The second-order valence-corrected chi connectivity index (χ2v) is 6.53. The first-order chi connectivity index (χ1) is 9.88. The first kappa shape index (κ1) is 16.1. The van der Waals surface area contributed by atoms with Gasteiger partial charge in [0.05, 0.1) is 10.7 Å². The van der Waals surface area contributed by atoms with E-state index >= 15 is 0 Å². The highest BCUT2D eigenvalue weighted by Gasteiger charge is 2.30. The highest BCUT2D eigenvalue weighted by molar-refractivity contribution is 6.33. The van der Waals surface area contributed by atoms with E-state index in [4.69, 9.17) is 11.6 Å². The SMILES string of the molecule is Cc1ccc(Cl)c(NC(=O)N(C)[C@H]2CCN(C)C[C@@H]2C)c1. The zero-order valence-corrected chi connectivity index (χ0v) is 13.9. The summed E-state index contributed by atoms with van der Waals surface area (Å²) in [6, 6.07) is 5.81. The van der Waals surface area contributed by atoms with Crippen LogP contribution in [0.15, 0.2) is 18.2 Å². The number of amides is 2. The Bertz CT molecular complexity index is 520. The number of rotatable bonds is 2. The van der Waals surface area contributed by atoms with Crippen LogP contribution in [0.4, 0.5) is 10.5 Å². The second kappa shape index (κ2) is 6.67. The van der Waals surface area contributed by atoms with E-state index in [1.807, 2.05) is 37.1 Å². The molecule has 21 heavy (non-hydrogen) atoms. The Morgan fingerprint density at radius 1 is 1.48 bits per heavy atom. The zero-order chi connectivity index (χ0) is 15.6. The average molecular weight is 310 g/mol. The molecule has 1 N–H and O–H groups in total. The van der Waals surface area contributed by atoms with Gasteiger partial charge in [-0.3, -0.25) is 0 Å². The average Bonchev–Trinajstić information content (AvgIpc) is 2.42. The molecule has 5 heteroatoms. The van der Waals surface area contributed by atoms with Gasteiger partial charge in [-0.25, -0.2) is 4.79 Å². The molecular formula is C16H24ClN3O. The third kappa shape index (κ3) is 3.89. The van der Waals surface area contributed by atoms with Gasteiger partial charge in [-0.1, -0.05) is 24.6 Å². The van der Waals surface area contributed by atoms with Crippen molar-refractivity contribution in [2.45, 2.75) is 26.3 Å². The Morgan fingerprint density at radius 2 is 2.19 bits per heavy atom. The Kier molecular flexibility index (Phi) is 5.12. The van der Waals surface area contributed by atoms with Crippen molar-refractivity contribution in [1.29, 1.82) is 0 Å². The number of piperidine rings is 1. The smallest absolute Gasteiger partial charge is 0.321 e. The molecule has 2 rings (SSSR count). The molecule has 0 radical (unpaired) electrons. The van der Waals surface area contributed by atoms with Crippen LogP contribution in [0.5, 0.6) is 0 Å². The van der Waals surface area contributed by atoms with Gasteiger partial charge in [-0.15, -0.1) is 0 Å². The predicted octanol–water partition coefficient (Wildman–Crippen LogP) is 3.45. The van der Waals surface area contributed by atoms with E-state index in [1.54, 1.807) is 0 Å². The minimum absolute atomic E-state index is 0.0936. The van der Waals surface area contributed by atoms with Crippen LogP contribution in [0.3, 0.4) is 0 Å². The topological polar surface area (TPSA) is 35.6 Å². The summed E-state index contributed by atoms with van der Waals surface area (Å²) in [6.07, 6.45) is 1.00. The van der Waals surface area contributed by atoms with E-state index in [1.165, 1.54) is 0 Å². The molecule has 116 valence electrons. The number of nitrogens with one attached hydrogen (secondary N) is 1. The molecule has 1 heterocycles. The van der Waals surface area contributed by atoms with Crippen molar-refractivity contribution in [3.05, 3.63) is 28.8 Å². The van der Waals surface area contributed by atoms with E-state index in [0.29, 0.717) is 16.6 Å². The molecule has 2 amide bonds. The van der Waals surface area contributed by atoms with Gasteiger partial charge in [0, 0.05) is 19.6 Å². The standard InChI is InChI=1S/C16H24ClN3O/c1-11-5-6-13(17)14(9-11)18-16(21)20(4)15-7-8-19(3)10-12(15)2/h5-6,9,12,15H,7-8,10H2,1-4H3,(H,18,21)/t12-,15-/m0/s1. The Morgan fingerprint density at radius 3 is 2.86 bits per heavy atom. The van der Waals surface area contributed by atoms with Gasteiger partial charge in [0.25, 0.3) is 0 Å². The lowest BCUT2D eigenvalue weighted by molar-refractivity contribution is 0.113. The van der Waals surface area contributed by atoms with Crippen LogP contribution in [0.25, 0.3) is 0 Å². The number of carbonyl (C=O) groups excluding carboxylic acids is 1. The van der Waals surface area contributed by atoms with Crippen LogP contribution in [0.2, 0.25) is 5.02 Å². The number of hydrogen-bond acceptors (Lipinski definition) is 2. The molecule has 1 aromatic carbocycles. The minimum Gasteiger partial charge on any atom is -0.324 e. The van der Waals surface area contributed by atoms with E-state index < -0.39 is 0 Å². The number of anilines is 1. The number of nitrogens with zero attached hydrogens (tertiary/aromatic N) is 2. The molecule has 1 aliphatic heterocycles.